The summed E-state index contributed by atoms with van der Waals surface area (Å²) in [4.78, 5) is 20.7. The van der Waals surface area contributed by atoms with Crippen LogP contribution in [0.15, 0.2) is 4.99 Å². The first kappa shape index (κ1) is 21.4. The summed E-state index contributed by atoms with van der Waals surface area (Å²) in [5, 5.41) is 3.60. The molecule has 2 heterocycles. The number of amides is 1. The van der Waals surface area contributed by atoms with Gasteiger partial charge in [0, 0.05) is 39.6 Å². The number of likely N-dealkylation sites (N-methyl/N-ethyl adjacent to an activating group) is 1. The van der Waals surface area contributed by atoms with Crippen LogP contribution < -0.4 is 5.32 Å². The molecule has 0 bridgehead atoms. The van der Waals surface area contributed by atoms with Gasteiger partial charge in [-0.3, -0.25) is 4.79 Å². The average Bonchev–Trinajstić information content (AvgIpc) is 3.16. The predicted molar refractivity (Wildman–Crippen MR) is 110 cm³/mol. The van der Waals surface area contributed by atoms with Crippen LogP contribution in [0.2, 0.25) is 0 Å². The average molecular weight is 395 g/mol. The molecule has 1 N–H and O–H groups in total. The first-order valence-corrected chi connectivity index (χ1v) is 11.0. The first-order valence-electron chi connectivity index (χ1n) is 11.0. The molecule has 7 nitrogen and oxygen atoms in total. The van der Waals surface area contributed by atoms with Gasteiger partial charge in [-0.2, -0.15) is 0 Å². The number of rotatable bonds is 5. The van der Waals surface area contributed by atoms with Gasteiger partial charge >= 0.3 is 0 Å². The number of carbonyl (C=O) groups excluding carboxylic acids is 1. The Morgan fingerprint density at radius 3 is 2.54 bits per heavy atom. The van der Waals surface area contributed by atoms with Crippen molar-refractivity contribution >= 4 is 11.9 Å². The Hall–Kier alpha value is -1.34. The van der Waals surface area contributed by atoms with E-state index in [-0.39, 0.29) is 12.5 Å². The molecule has 1 atom stereocenters. The van der Waals surface area contributed by atoms with E-state index in [1.807, 2.05) is 0 Å². The zero-order chi connectivity index (χ0) is 20.0. The van der Waals surface area contributed by atoms with E-state index >= 15 is 0 Å². The molecule has 28 heavy (non-hydrogen) atoms. The number of likely N-dealkylation sites (tertiary alicyclic amines) is 1. The molecule has 2 saturated heterocycles. The van der Waals surface area contributed by atoms with E-state index < -0.39 is 5.79 Å². The summed E-state index contributed by atoms with van der Waals surface area (Å²) < 4.78 is 11.8. The first-order chi connectivity index (χ1) is 13.5. The van der Waals surface area contributed by atoms with Crippen molar-refractivity contribution < 1.29 is 14.3 Å². The molecule has 3 rings (SSSR count). The van der Waals surface area contributed by atoms with Gasteiger partial charge in [0.15, 0.2) is 11.7 Å². The highest BCUT2D eigenvalue weighted by Crippen LogP contribution is 2.34. The van der Waals surface area contributed by atoms with Gasteiger partial charge in [0.1, 0.15) is 6.54 Å². The third kappa shape index (κ3) is 5.60. The van der Waals surface area contributed by atoms with Crippen LogP contribution >= 0.6 is 0 Å². The van der Waals surface area contributed by atoms with Crippen molar-refractivity contribution in [1.82, 2.24) is 15.1 Å². The highest BCUT2D eigenvalue weighted by molar-refractivity contribution is 5.85. The molecule has 1 aliphatic carbocycles. The van der Waals surface area contributed by atoms with Crippen LogP contribution in [0.4, 0.5) is 0 Å². The molecule has 1 saturated carbocycles. The van der Waals surface area contributed by atoms with Crippen molar-refractivity contribution in [2.75, 3.05) is 53.5 Å². The van der Waals surface area contributed by atoms with Crippen LogP contribution in [0.5, 0.6) is 0 Å². The second-order valence-corrected chi connectivity index (χ2v) is 8.81. The van der Waals surface area contributed by atoms with Crippen molar-refractivity contribution in [2.45, 2.75) is 57.7 Å². The van der Waals surface area contributed by atoms with E-state index in [0.717, 1.165) is 38.4 Å². The van der Waals surface area contributed by atoms with Crippen molar-refractivity contribution in [3.63, 3.8) is 0 Å². The summed E-state index contributed by atoms with van der Waals surface area (Å²) in [6.45, 7) is 6.35. The minimum Gasteiger partial charge on any atom is -0.356 e. The maximum atomic E-state index is 12.1. The van der Waals surface area contributed by atoms with E-state index in [2.05, 4.69) is 17.1 Å². The fourth-order valence-electron chi connectivity index (χ4n) is 4.54. The fourth-order valence-corrected chi connectivity index (χ4v) is 4.54. The number of hydrogen-bond acceptors (Lipinski definition) is 4. The summed E-state index contributed by atoms with van der Waals surface area (Å²) in [6.07, 6.45) is 8.78. The van der Waals surface area contributed by atoms with Crippen LogP contribution in [-0.4, -0.2) is 80.9 Å². The topological polar surface area (TPSA) is 66.4 Å². The molecule has 3 aliphatic rings. The molecule has 0 aromatic heterocycles. The number of hydrogen-bond donors (Lipinski definition) is 1. The van der Waals surface area contributed by atoms with Crippen LogP contribution in [0.25, 0.3) is 0 Å². The number of aliphatic imine (C=N–C) groups is 1. The summed E-state index contributed by atoms with van der Waals surface area (Å²) in [6, 6.07) is 0. The van der Waals surface area contributed by atoms with Gasteiger partial charge < -0.3 is 24.6 Å². The van der Waals surface area contributed by atoms with Crippen LogP contribution in [0.3, 0.4) is 0 Å². The lowest BCUT2D eigenvalue weighted by Crippen LogP contribution is -2.52. The zero-order valence-corrected chi connectivity index (χ0v) is 17.9. The number of carbonyl (C=O) groups is 1. The van der Waals surface area contributed by atoms with Gasteiger partial charge in [0.05, 0.1) is 13.2 Å². The largest absolute Gasteiger partial charge is 0.356 e. The molecular weight excluding hydrogens is 356 g/mol. The molecule has 1 unspecified atom stereocenters. The Labute approximate surface area is 169 Å². The van der Waals surface area contributed by atoms with E-state index in [1.165, 1.54) is 32.1 Å². The van der Waals surface area contributed by atoms with Crippen LogP contribution in [-0.2, 0) is 14.3 Å². The lowest BCUT2D eigenvalue weighted by atomic mass is 9.89. The number of ether oxygens (including phenoxy) is 2. The number of piperidine rings is 1. The van der Waals surface area contributed by atoms with Gasteiger partial charge in [-0.25, -0.2) is 4.99 Å². The predicted octanol–water partition coefficient (Wildman–Crippen LogP) is 2.08. The summed E-state index contributed by atoms with van der Waals surface area (Å²) in [5.74, 6) is 1.43. The number of nitrogens with one attached hydrogen (secondary N) is 1. The van der Waals surface area contributed by atoms with E-state index in [1.54, 1.807) is 19.0 Å². The monoisotopic (exact) mass is 394 g/mol. The van der Waals surface area contributed by atoms with Gasteiger partial charge in [0.25, 0.3) is 0 Å². The smallest absolute Gasteiger partial charge is 0.243 e. The maximum Gasteiger partial charge on any atom is 0.243 e. The van der Waals surface area contributed by atoms with Crippen LogP contribution in [0, 0.1) is 11.8 Å². The highest BCUT2D eigenvalue weighted by Gasteiger charge is 2.42. The fraction of sp³-hybridized carbons (Fsp3) is 0.905. The van der Waals surface area contributed by atoms with Gasteiger partial charge in [-0.05, 0) is 38.5 Å². The molecule has 3 fully saturated rings. The van der Waals surface area contributed by atoms with Crippen LogP contribution in [0.1, 0.15) is 51.9 Å². The normalized spacial score (nSPS) is 26.3. The SMILES string of the molecule is CN(C)C(=O)CN=C(NCC1CCCCC1)N1CCCC(C2(C)OCCO2)C1. The maximum absolute atomic E-state index is 12.1. The van der Waals surface area contributed by atoms with Gasteiger partial charge in [-0.15, -0.1) is 0 Å². The molecule has 0 aromatic rings. The van der Waals surface area contributed by atoms with Crippen molar-refractivity contribution in [3.8, 4) is 0 Å². The third-order valence-electron chi connectivity index (χ3n) is 6.46. The van der Waals surface area contributed by atoms with E-state index in [0.29, 0.717) is 25.0 Å². The third-order valence-corrected chi connectivity index (χ3v) is 6.46. The second kappa shape index (κ2) is 9.92. The lowest BCUT2D eigenvalue weighted by molar-refractivity contribution is -0.189. The minimum atomic E-state index is -0.493. The molecule has 1 amide bonds. The Bertz CT molecular complexity index is 540. The Kier molecular flexibility index (Phi) is 7.57. The van der Waals surface area contributed by atoms with Crippen molar-refractivity contribution in [1.29, 1.82) is 0 Å². The van der Waals surface area contributed by atoms with Crippen molar-refractivity contribution in [2.24, 2.45) is 16.8 Å². The van der Waals surface area contributed by atoms with E-state index in [9.17, 15) is 4.79 Å². The molecule has 0 spiro atoms. The molecule has 0 aromatic carbocycles. The number of guanidine groups is 1. The minimum absolute atomic E-state index is 0.0277. The van der Waals surface area contributed by atoms with Gasteiger partial charge in [-0.1, -0.05) is 19.3 Å². The molecule has 2 aliphatic heterocycles. The molecule has 0 radical (unpaired) electrons. The second-order valence-electron chi connectivity index (χ2n) is 8.81. The van der Waals surface area contributed by atoms with E-state index in [4.69, 9.17) is 14.5 Å². The molecule has 160 valence electrons. The summed E-state index contributed by atoms with van der Waals surface area (Å²) in [5.41, 5.74) is 0. The Balaban J connectivity index is 1.65. The summed E-state index contributed by atoms with van der Waals surface area (Å²) >= 11 is 0. The summed E-state index contributed by atoms with van der Waals surface area (Å²) in [7, 11) is 3.55. The highest BCUT2D eigenvalue weighted by atomic mass is 16.7. The number of nitrogens with zero attached hydrogens (tertiary/aromatic N) is 3. The van der Waals surface area contributed by atoms with Crippen molar-refractivity contribution in [3.05, 3.63) is 0 Å². The standard InChI is InChI=1S/C21H38N4O3/c1-21(27-12-13-28-21)18-10-7-11-25(16-18)20(23-15-19(26)24(2)3)22-14-17-8-5-4-6-9-17/h17-18H,4-16H2,1-3H3,(H,22,23). The Morgan fingerprint density at radius 1 is 1.14 bits per heavy atom. The quantitative estimate of drug-likeness (QED) is 0.571. The Morgan fingerprint density at radius 2 is 1.86 bits per heavy atom. The zero-order valence-electron chi connectivity index (χ0n) is 17.9. The molecular formula is C21H38N4O3. The lowest BCUT2D eigenvalue weighted by Gasteiger charge is -2.41. The molecule has 7 heteroatoms. The van der Waals surface area contributed by atoms with Gasteiger partial charge in [0.2, 0.25) is 5.91 Å².